The van der Waals surface area contributed by atoms with Gasteiger partial charge in [-0.3, -0.25) is 0 Å². The largest absolute Gasteiger partial charge is 0.378 e. The van der Waals surface area contributed by atoms with Gasteiger partial charge >= 0.3 is 0 Å². The van der Waals surface area contributed by atoms with Crippen molar-refractivity contribution < 1.29 is 0 Å². The Labute approximate surface area is 126 Å². The second-order valence-corrected chi connectivity index (χ2v) is 5.75. The lowest BCUT2D eigenvalue weighted by Crippen LogP contribution is -2.08. The van der Waals surface area contributed by atoms with Gasteiger partial charge in [-0.25, -0.2) is 0 Å². The molecule has 1 heteroatoms. The van der Waals surface area contributed by atoms with Crippen LogP contribution in [-0.2, 0) is 0 Å². The minimum Gasteiger partial charge on any atom is -0.378 e. The fourth-order valence-electron chi connectivity index (χ4n) is 2.97. The van der Waals surface area contributed by atoms with E-state index < -0.39 is 0 Å². The summed E-state index contributed by atoms with van der Waals surface area (Å²) in [5, 5.41) is 6.21. The molecule has 0 radical (unpaired) electrons. The molecular weight excluding hydrogens is 254 g/mol. The summed E-state index contributed by atoms with van der Waals surface area (Å²) in [6, 6.07) is 21.9. The van der Waals surface area contributed by atoms with Crippen LogP contribution in [0, 0.1) is 13.8 Å². The van der Waals surface area contributed by atoms with Crippen LogP contribution in [0.25, 0.3) is 10.8 Å². The van der Waals surface area contributed by atoms with E-state index in [1.165, 1.54) is 33.2 Å². The third-order valence-corrected chi connectivity index (χ3v) is 4.05. The number of benzene rings is 3. The van der Waals surface area contributed by atoms with E-state index in [0.717, 1.165) is 0 Å². The zero-order chi connectivity index (χ0) is 14.8. The summed E-state index contributed by atoms with van der Waals surface area (Å²) in [6.07, 6.45) is 0. The molecule has 0 bridgehead atoms. The van der Waals surface area contributed by atoms with Crippen molar-refractivity contribution in [2.75, 3.05) is 5.32 Å². The average Bonchev–Trinajstić information content (AvgIpc) is 2.47. The molecule has 0 aliphatic carbocycles. The van der Waals surface area contributed by atoms with Crippen LogP contribution in [0.1, 0.15) is 29.7 Å². The average molecular weight is 275 g/mol. The van der Waals surface area contributed by atoms with E-state index in [0.29, 0.717) is 0 Å². The number of hydrogen-bond acceptors (Lipinski definition) is 1. The minimum atomic E-state index is 0.288. The summed E-state index contributed by atoms with van der Waals surface area (Å²) in [5.74, 6) is 0. The molecule has 0 amide bonds. The van der Waals surface area contributed by atoms with Crippen LogP contribution < -0.4 is 5.32 Å². The lowest BCUT2D eigenvalue weighted by atomic mass is 9.99. The molecule has 1 atom stereocenters. The topological polar surface area (TPSA) is 12.0 Å². The van der Waals surface area contributed by atoms with Crippen molar-refractivity contribution >= 4 is 16.5 Å². The zero-order valence-electron chi connectivity index (χ0n) is 12.9. The van der Waals surface area contributed by atoms with E-state index in [1.54, 1.807) is 0 Å². The van der Waals surface area contributed by atoms with Crippen LogP contribution in [0.2, 0.25) is 0 Å². The van der Waals surface area contributed by atoms with Gasteiger partial charge in [-0.1, -0.05) is 60.2 Å². The first kappa shape index (κ1) is 13.7. The first-order valence-corrected chi connectivity index (χ1v) is 7.46. The van der Waals surface area contributed by atoms with Gasteiger partial charge in [-0.05, 0) is 43.4 Å². The monoisotopic (exact) mass is 275 g/mol. The molecule has 1 unspecified atom stereocenters. The van der Waals surface area contributed by atoms with E-state index in [9.17, 15) is 0 Å². The SMILES string of the molecule is Cc1ccc(C(C)Nc2cccc3ccccc23)c(C)c1. The molecule has 106 valence electrons. The molecule has 3 aromatic rings. The Balaban J connectivity index is 1.94. The second kappa shape index (κ2) is 5.61. The van der Waals surface area contributed by atoms with Crippen molar-refractivity contribution in [2.24, 2.45) is 0 Å². The highest BCUT2D eigenvalue weighted by molar-refractivity contribution is 5.93. The molecule has 0 aliphatic rings. The molecule has 0 fully saturated rings. The summed E-state index contributed by atoms with van der Waals surface area (Å²) in [4.78, 5) is 0. The Morgan fingerprint density at radius 1 is 0.857 bits per heavy atom. The van der Waals surface area contributed by atoms with Gasteiger partial charge in [-0.15, -0.1) is 0 Å². The van der Waals surface area contributed by atoms with E-state index in [-0.39, 0.29) is 6.04 Å². The number of rotatable bonds is 3. The van der Waals surface area contributed by atoms with E-state index in [4.69, 9.17) is 0 Å². The molecule has 0 aliphatic heterocycles. The predicted molar refractivity (Wildman–Crippen MR) is 91.9 cm³/mol. The Hall–Kier alpha value is -2.28. The van der Waals surface area contributed by atoms with E-state index >= 15 is 0 Å². The van der Waals surface area contributed by atoms with Gasteiger partial charge in [0.1, 0.15) is 0 Å². The van der Waals surface area contributed by atoms with Crippen LogP contribution >= 0.6 is 0 Å². The molecule has 0 saturated heterocycles. The molecule has 1 N–H and O–H groups in total. The number of hydrogen-bond donors (Lipinski definition) is 1. The summed E-state index contributed by atoms with van der Waals surface area (Å²) >= 11 is 0. The van der Waals surface area contributed by atoms with Crippen molar-refractivity contribution in [1.29, 1.82) is 0 Å². The molecule has 3 rings (SSSR count). The highest BCUT2D eigenvalue weighted by Gasteiger charge is 2.09. The van der Waals surface area contributed by atoms with E-state index in [2.05, 4.69) is 86.8 Å². The number of fused-ring (bicyclic) bond motifs is 1. The molecule has 0 spiro atoms. The van der Waals surface area contributed by atoms with Crippen molar-refractivity contribution in [3.05, 3.63) is 77.4 Å². The van der Waals surface area contributed by atoms with Crippen LogP contribution in [0.15, 0.2) is 60.7 Å². The van der Waals surface area contributed by atoms with Crippen molar-refractivity contribution in [3.63, 3.8) is 0 Å². The van der Waals surface area contributed by atoms with Crippen LogP contribution in [-0.4, -0.2) is 0 Å². The quantitative estimate of drug-likeness (QED) is 0.653. The molecule has 0 aromatic heterocycles. The summed E-state index contributed by atoms with van der Waals surface area (Å²) in [7, 11) is 0. The molecular formula is C20H21N. The first-order chi connectivity index (χ1) is 10.1. The maximum atomic E-state index is 3.66. The summed E-state index contributed by atoms with van der Waals surface area (Å²) < 4.78 is 0. The minimum absolute atomic E-state index is 0.288. The summed E-state index contributed by atoms with van der Waals surface area (Å²) in [5.41, 5.74) is 5.21. The molecule has 0 heterocycles. The van der Waals surface area contributed by atoms with Gasteiger partial charge in [0.15, 0.2) is 0 Å². The number of nitrogens with one attached hydrogen (secondary N) is 1. The molecule has 1 nitrogen and oxygen atoms in total. The highest BCUT2D eigenvalue weighted by atomic mass is 14.9. The van der Waals surface area contributed by atoms with Gasteiger partial charge in [0, 0.05) is 17.1 Å². The van der Waals surface area contributed by atoms with Gasteiger partial charge < -0.3 is 5.32 Å². The van der Waals surface area contributed by atoms with Crippen LogP contribution in [0.4, 0.5) is 5.69 Å². The highest BCUT2D eigenvalue weighted by Crippen LogP contribution is 2.28. The Morgan fingerprint density at radius 2 is 1.62 bits per heavy atom. The molecule has 21 heavy (non-hydrogen) atoms. The third kappa shape index (κ3) is 2.78. The lowest BCUT2D eigenvalue weighted by Gasteiger charge is -2.19. The zero-order valence-corrected chi connectivity index (χ0v) is 12.9. The third-order valence-electron chi connectivity index (χ3n) is 4.05. The van der Waals surface area contributed by atoms with Gasteiger partial charge in [-0.2, -0.15) is 0 Å². The van der Waals surface area contributed by atoms with E-state index in [1.807, 2.05) is 0 Å². The Bertz CT molecular complexity index is 768. The van der Waals surface area contributed by atoms with Gasteiger partial charge in [0.25, 0.3) is 0 Å². The number of aryl methyl sites for hydroxylation is 2. The molecule has 3 aromatic carbocycles. The standard InChI is InChI=1S/C20H21N/c1-14-11-12-18(15(2)13-14)16(3)21-20-10-6-8-17-7-4-5-9-19(17)20/h4-13,16,21H,1-3H3. The van der Waals surface area contributed by atoms with Gasteiger partial charge in [0.05, 0.1) is 0 Å². The Morgan fingerprint density at radius 3 is 2.43 bits per heavy atom. The molecule has 0 saturated carbocycles. The fourth-order valence-corrected chi connectivity index (χ4v) is 2.97. The van der Waals surface area contributed by atoms with Crippen molar-refractivity contribution in [3.8, 4) is 0 Å². The second-order valence-electron chi connectivity index (χ2n) is 5.75. The summed E-state index contributed by atoms with van der Waals surface area (Å²) in [6.45, 7) is 6.54. The predicted octanol–water partition coefficient (Wildman–Crippen LogP) is 5.63. The number of anilines is 1. The van der Waals surface area contributed by atoms with Crippen LogP contribution in [0.5, 0.6) is 0 Å². The maximum absolute atomic E-state index is 3.66. The van der Waals surface area contributed by atoms with Crippen LogP contribution in [0.3, 0.4) is 0 Å². The first-order valence-electron chi connectivity index (χ1n) is 7.46. The van der Waals surface area contributed by atoms with Gasteiger partial charge in [0.2, 0.25) is 0 Å². The lowest BCUT2D eigenvalue weighted by molar-refractivity contribution is 0.875. The fraction of sp³-hybridized carbons (Fsp3) is 0.200. The van der Waals surface area contributed by atoms with Crippen molar-refractivity contribution in [2.45, 2.75) is 26.8 Å². The maximum Gasteiger partial charge on any atom is 0.0488 e. The Kier molecular flexibility index (Phi) is 3.66. The normalized spacial score (nSPS) is 12.3. The smallest absolute Gasteiger partial charge is 0.0488 e. The van der Waals surface area contributed by atoms with Crippen molar-refractivity contribution in [1.82, 2.24) is 0 Å².